The molecule has 146 valence electrons. The van der Waals surface area contributed by atoms with Crippen molar-refractivity contribution in [3.8, 4) is 11.9 Å². The van der Waals surface area contributed by atoms with E-state index >= 15 is 0 Å². The van der Waals surface area contributed by atoms with Crippen LogP contribution in [0.15, 0.2) is 41.8 Å². The molecule has 1 aliphatic heterocycles. The molecule has 29 heavy (non-hydrogen) atoms. The van der Waals surface area contributed by atoms with Crippen molar-refractivity contribution in [2.24, 2.45) is 15.9 Å². The minimum Gasteiger partial charge on any atom is -0.476 e. The van der Waals surface area contributed by atoms with Crippen molar-refractivity contribution in [1.82, 2.24) is 15.0 Å². The van der Waals surface area contributed by atoms with Gasteiger partial charge in [-0.3, -0.25) is 4.79 Å². The highest BCUT2D eigenvalue weighted by atomic mass is 19.1. The summed E-state index contributed by atoms with van der Waals surface area (Å²) in [4.78, 5) is 21.2. The van der Waals surface area contributed by atoms with E-state index in [2.05, 4.69) is 15.1 Å². The Morgan fingerprint density at radius 1 is 1.31 bits per heavy atom. The van der Waals surface area contributed by atoms with Gasteiger partial charge in [-0.05, 0) is 37.0 Å². The Labute approximate surface area is 166 Å². The molecule has 1 aromatic heterocycles. The van der Waals surface area contributed by atoms with Gasteiger partial charge in [-0.15, -0.1) is 0 Å². The fourth-order valence-electron chi connectivity index (χ4n) is 4.90. The molecule has 3 saturated carbocycles. The van der Waals surface area contributed by atoms with Crippen molar-refractivity contribution in [3.63, 3.8) is 0 Å². The molecule has 1 aromatic carbocycles. The minimum atomic E-state index is -0.382. The lowest BCUT2D eigenvalue weighted by molar-refractivity contribution is -0.227. The van der Waals surface area contributed by atoms with E-state index in [0.29, 0.717) is 18.9 Å². The molecule has 2 bridgehead atoms. The first-order chi connectivity index (χ1) is 14.0. The highest BCUT2D eigenvalue weighted by Crippen LogP contribution is 2.74. The Hall–Kier alpha value is -3.34. The highest BCUT2D eigenvalue weighted by molar-refractivity contribution is 5.88. The summed E-state index contributed by atoms with van der Waals surface area (Å²) >= 11 is 0. The van der Waals surface area contributed by atoms with Crippen LogP contribution in [0.1, 0.15) is 43.0 Å². The number of rotatable bonds is 5. The smallest absolute Gasteiger partial charge is 0.249 e. The van der Waals surface area contributed by atoms with Crippen LogP contribution in [0.25, 0.3) is 0 Å². The molecule has 6 rings (SSSR count). The molecular formula is C21H18FN5O2. The zero-order valence-electron chi connectivity index (χ0n) is 15.6. The van der Waals surface area contributed by atoms with E-state index in [1.54, 1.807) is 12.3 Å². The van der Waals surface area contributed by atoms with Gasteiger partial charge in [-0.25, -0.2) is 19.4 Å². The lowest BCUT2D eigenvalue weighted by Gasteiger charge is -2.69. The number of hydrogen-bond acceptors (Lipinski definition) is 6. The molecule has 8 heteroatoms. The van der Waals surface area contributed by atoms with Crippen LogP contribution < -0.4 is 4.74 Å². The quantitative estimate of drug-likeness (QED) is 0.781. The zero-order valence-corrected chi connectivity index (χ0v) is 15.6. The van der Waals surface area contributed by atoms with E-state index in [4.69, 9.17) is 10.00 Å². The van der Waals surface area contributed by atoms with E-state index in [-0.39, 0.29) is 34.3 Å². The van der Waals surface area contributed by atoms with Gasteiger partial charge in [0.05, 0.1) is 30.5 Å². The largest absolute Gasteiger partial charge is 0.476 e. The van der Waals surface area contributed by atoms with Crippen LogP contribution in [0.3, 0.4) is 0 Å². The standard InChI is InChI=1S/C21H18FN5O2/c22-15-3-1-2-14(6-15)17-4-5-26-27(17)19(28)21-10-20(11-21,12-21)13-29-18-9-24-16(7-23)8-25-18/h1-3,5-6,8-9,17H,4,10-13H2. The molecule has 7 nitrogen and oxygen atoms in total. The fraction of sp³-hybridized carbons (Fsp3) is 0.381. The predicted molar refractivity (Wildman–Crippen MR) is 100 cm³/mol. The van der Waals surface area contributed by atoms with Crippen molar-refractivity contribution in [2.75, 3.05) is 6.61 Å². The Kier molecular flexibility index (Phi) is 3.88. The van der Waals surface area contributed by atoms with Crippen LogP contribution in [0.5, 0.6) is 5.88 Å². The first kappa shape index (κ1) is 17.7. The Bertz CT molecular complexity index is 1030. The monoisotopic (exact) mass is 391 g/mol. The summed E-state index contributed by atoms with van der Waals surface area (Å²) in [6.07, 6.45) is 7.39. The second-order valence-corrected chi connectivity index (χ2v) is 8.21. The molecule has 0 N–H and O–H groups in total. The lowest BCUT2D eigenvalue weighted by Crippen LogP contribution is -2.69. The van der Waals surface area contributed by atoms with Gasteiger partial charge in [0.15, 0.2) is 5.69 Å². The summed E-state index contributed by atoms with van der Waals surface area (Å²) in [7, 11) is 0. The summed E-state index contributed by atoms with van der Waals surface area (Å²) in [5.41, 5.74) is 0.613. The topological polar surface area (TPSA) is 91.5 Å². The highest BCUT2D eigenvalue weighted by Gasteiger charge is 2.72. The predicted octanol–water partition coefficient (Wildman–Crippen LogP) is 3.00. The number of nitrogens with zero attached hydrogens (tertiary/aromatic N) is 5. The molecule has 0 radical (unpaired) electrons. The number of halogens is 1. The van der Waals surface area contributed by atoms with Crippen LogP contribution in [-0.4, -0.2) is 33.7 Å². The van der Waals surface area contributed by atoms with Gasteiger partial charge in [0.2, 0.25) is 11.8 Å². The number of carbonyl (C=O) groups is 1. The Morgan fingerprint density at radius 2 is 2.14 bits per heavy atom. The van der Waals surface area contributed by atoms with Gasteiger partial charge in [0.1, 0.15) is 11.9 Å². The zero-order chi connectivity index (χ0) is 20.1. The van der Waals surface area contributed by atoms with Gasteiger partial charge >= 0.3 is 0 Å². The molecule has 3 fully saturated rings. The molecule has 0 spiro atoms. The summed E-state index contributed by atoms with van der Waals surface area (Å²) in [5, 5.41) is 14.6. The number of ether oxygens (including phenoxy) is 1. The number of amides is 1. The summed E-state index contributed by atoms with van der Waals surface area (Å²) in [6.45, 7) is 0.471. The SMILES string of the molecule is N#Cc1cnc(OCC23CC(C(=O)N4N=CCC4c4cccc(F)c4)(C2)C3)cn1. The molecule has 3 aliphatic carbocycles. The van der Waals surface area contributed by atoms with E-state index in [1.807, 2.05) is 12.1 Å². The molecule has 1 amide bonds. The summed E-state index contributed by atoms with van der Waals surface area (Å²) in [6, 6.07) is 8.03. The van der Waals surface area contributed by atoms with Gasteiger partial charge in [-0.1, -0.05) is 12.1 Å². The van der Waals surface area contributed by atoms with Gasteiger partial charge in [-0.2, -0.15) is 10.4 Å². The van der Waals surface area contributed by atoms with Crippen molar-refractivity contribution in [3.05, 3.63) is 53.7 Å². The first-order valence-electron chi connectivity index (χ1n) is 9.49. The number of carbonyl (C=O) groups excluding carboxylic acids is 1. The van der Waals surface area contributed by atoms with Gasteiger partial charge < -0.3 is 4.74 Å². The fourth-order valence-corrected chi connectivity index (χ4v) is 4.90. The van der Waals surface area contributed by atoms with Crippen LogP contribution >= 0.6 is 0 Å². The van der Waals surface area contributed by atoms with E-state index in [9.17, 15) is 9.18 Å². The second-order valence-electron chi connectivity index (χ2n) is 8.21. The maximum atomic E-state index is 13.6. The third-order valence-electron chi connectivity index (χ3n) is 6.13. The number of hydrogen-bond donors (Lipinski definition) is 0. The summed E-state index contributed by atoms with van der Waals surface area (Å²) < 4.78 is 19.3. The summed E-state index contributed by atoms with van der Waals surface area (Å²) in [5.74, 6) is 0.0827. The van der Waals surface area contributed by atoms with Crippen LogP contribution in [-0.2, 0) is 4.79 Å². The van der Waals surface area contributed by atoms with Crippen molar-refractivity contribution >= 4 is 12.1 Å². The van der Waals surface area contributed by atoms with Gasteiger partial charge in [0, 0.05) is 18.1 Å². The van der Waals surface area contributed by atoms with Crippen LogP contribution in [0.2, 0.25) is 0 Å². The third-order valence-corrected chi connectivity index (χ3v) is 6.13. The molecule has 1 unspecified atom stereocenters. The number of aromatic nitrogens is 2. The Morgan fingerprint density at radius 3 is 2.83 bits per heavy atom. The second kappa shape index (κ2) is 6.34. The molecular weight excluding hydrogens is 373 g/mol. The number of nitriles is 1. The average Bonchev–Trinajstić information content (AvgIpc) is 3.16. The van der Waals surface area contributed by atoms with Crippen molar-refractivity contribution in [2.45, 2.75) is 31.7 Å². The molecule has 4 aliphatic rings. The number of hydrazone groups is 1. The molecule has 0 saturated heterocycles. The lowest BCUT2D eigenvalue weighted by atomic mass is 9.35. The van der Waals surface area contributed by atoms with Gasteiger partial charge in [0.25, 0.3) is 0 Å². The molecule has 2 heterocycles. The first-order valence-corrected chi connectivity index (χ1v) is 9.49. The van der Waals surface area contributed by atoms with Crippen LogP contribution in [0, 0.1) is 28.0 Å². The van der Waals surface area contributed by atoms with Crippen molar-refractivity contribution < 1.29 is 13.9 Å². The minimum absolute atomic E-state index is 0.0109. The third kappa shape index (κ3) is 2.85. The normalized spacial score (nSPS) is 29.0. The number of benzene rings is 1. The van der Waals surface area contributed by atoms with Crippen molar-refractivity contribution in [1.29, 1.82) is 5.26 Å². The van der Waals surface area contributed by atoms with E-state index in [0.717, 1.165) is 24.8 Å². The molecule has 2 aromatic rings. The maximum absolute atomic E-state index is 13.6. The maximum Gasteiger partial charge on any atom is 0.249 e. The Balaban J connectivity index is 1.21. The van der Waals surface area contributed by atoms with Crippen LogP contribution in [0.4, 0.5) is 4.39 Å². The van der Waals surface area contributed by atoms with E-state index < -0.39 is 0 Å². The molecule has 1 atom stereocenters. The van der Waals surface area contributed by atoms with E-state index in [1.165, 1.54) is 29.5 Å². The average molecular weight is 391 g/mol.